The summed E-state index contributed by atoms with van der Waals surface area (Å²) >= 11 is 1.55. The summed E-state index contributed by atoms with van der Waals surface area (Å²) in [4.78, 5) is 39.6. The monoisotopic (exact) mass is 479 g/mol. The maximum atomic E-state index is 12.2. The number of allylic oxidation sites excluding steroid dienone is 6. The number of nitrogens with one attached hydrogen (secondary N) is 3. The number of carbonyl (C=O) groups excluding carboxylic acids is 2. The highest BCUT2D eigenvalue weighted by molar-refractivity contribution is 7.16. The Kier molecular flexibility index (Phi) is 8.69. The standard InChI is InChI=1S/C24H29N7O2S/c1-5-22(32)31(4)16(2)23(33)26-13-12-25-20-14-21(29-17(3)28-20)30-24-27-15-19(34-24)18-10-8-6-7-9-11-18/h5-6,8-11,14-16H,1,7,12-13H2,2-4H3,(H,26,33)(H2,25,27,28,29,30). The first-order chi connectivity index (χ1) is 16.4. The first kappa shape index (κ1) is 24.8. The molecule has 0 radical (unpaired) electrons. The SMILES string of the molecule is C=CC(=O)N(C)C(C)C(=O)NCCNc1cc(Nc2ncc(C3=CC=CCC=C3)s2)nc(C)n1. The van der Waals surface area contributed by atoms with Crippen LogP contribution in [-0.2, 0) is 9.59 Å². The lowest BCUT2D eigenvalue weighted by Crippen LogP contribution is -2.46. The molecule has 0 fully saturated rings. The van der Waals surface area contributed by atoms with Crippen molar-refractivity contribution in [2.45, 2.75) is 26.3 Å². The van der Waals surface area contributed by atoms with Crippen LogP contribution in [0.15, 0.2) is 55.3 Å². The van der Waals surface area contributed by atoms with Crippen molar-refractivity contribution in [1.82, 2.24) is 25.2 Å². The fourth-order valence-electron chi connectivity index (χ4n) is 3.08. The molecule has 0 aliphatic heterocycles. The second-order valence-electron chi connectivity index (χ2n) is 7.58. The van der Waals surface area contributed by atoms with Crippen LogP contribution in [0.4, 0.5) is 16.8 Å². The molecule has 2 aromatic rings. The van der Waals surface area contributed by atoms with Crippen LogP contribution in [0.1, 0.15) is 24.0 Å². The number of amides is 2. The number of hydrogen-bond acceptors (Lipinski definition) is 8. The Bertz CT molecular complexity index is 1140. The van der Waals surface area contributed by atoms with E-state index in [2.05, 4.69) is 67.9 Å². The van der Waals surface area contributed by atoms with Gasteiger partial charge in [0.15, 0.2) is 5.13 Å². The largest absolute Gasteiger partial charge is 0.368 e. The number of aryl methyl sites for hydroxylation is 1. The zero-order chi connectivity index (χ0) is 24.5. The van der Waals surface area contributed by atoms with Gasteiger partial charge in [-0.05, 0) is 31.9 Å². The number of likely N-dealkylation sites (N-methyl/N-ethyl adjacent to an activating group) is 1. The summed E-state index contributed by atoms with van der Waals surface area (Å²) in [6.07, 6.45) is 14.4. The first-order valence-corrected chi connectivity index (χ1v) is 11.7. The Morgan fingerprint density at radius 3 is 2.85 bits per heavy atom. The molecule has 3 N–H and O–H groups in total. The van der Waals surface area contributed by atoms with Gasteiger partial charge in [0.2, 0.25) is 11.8 Å². The summed E-state index contributed by atoms with van der Waals surface area (Å²) in [6, 6.07) is 1.20. The predicted molar refractivity (Wildman–Crippen MR) is 137 cm³/mol. The molecule has 2 amide bonds. The molecule has 10 heteroatoms. The molecule has 34 heavy (non-hydrogen) atoms. The number of hydrogen-bond donors (Lipinski definition) is 3. The second-order valence-corrected chi connectivity index (χ2v) is 8.61. The van der Waals surface area contributed by atoms with Crippen molar-refractivity contribution in [2.24, 2.45) is 0 Å². The molecule has 3 rings (SSSR count). The van der Waals surface area contributed by atoms with Crippen molar-refractivity contribution in [3.63, 3.8) is 0 Å². The molecule has 178 valence electrons. The second kappa shape index (κ2) is 11.9. The molecule has 1 aliphatic rings. The summed E-state index contributed by atoms with van der Waals surface area (Å²) in [6.45, 7) is 7.75. The third-order valence-corrected chi connectivity index (χ3v) is 6.02. The van der Waals surface area contributed by atoms with Crippen molar-refractivity contribution >= 4 is 45.5 Å². The van der Waals surface area contributed by atoms with Gasteiger partial charge in [-0.1, -0.05) is 48.3 Å². The number of aromatic nitrogens is 3. The van der Waals surface area contributed by atoms with Gasteiger partial charge >= 0.3 is 0 Å². The van der Waals surface area contributed by atoms with Crippen molar-refractivity contribution in [3.8, 4) is 0 Å². The Morgan fingerprint density at radius 1 is 1.26 bits per heavy atom. The van der Waals surface area contributed by atoms with E-state index in [1.54, 1.807) is 31.4 Å². The number of thiazole rings is 1. The van der Waals surface area contributed by atoms with Gasteiger partial charge in [0.25, 0.3) is 0 Å². The molecule has 1 unspecified atom stereocenters. The van der Waals surface area contributed by atoms with E-state index in [1.165, 1.54) is 11.0 Å². The zero-order valence-corrected chi connectivity index (χ0v) is 20.4. The summed E-state index contributed by atoms with van der Waals surface area (Å²) in [5, 5.41) is 9.98. The fourth-order valence-corrected chi connectivity index (χ4v) is 3.90. The predicted octanol–water partition coefficient (Wildman–Crippen LogP) is 3.45. The van der Waals surface area contributed by atoms with Crippen molar-refractivity contribution in [3.05, 3.63) is 66.0 Å². The molecule has 1 atom stereocenters. The van der Waals surface area contributed by atoms with Crippen LogP contribution in [0, 0.1) is 6.92 Å². The van der Waals surface area contributed by atoms with E-state index in [-0.39, 0.29) is 11.8 Å². The smallest absolute Gasteiger partial charge is 0.246 e. The van der Waals surface area contributed by atoms with E-state index in [1.807, 2.05) is 13.1 Å². The minimum absolute atomic E-state index is 0.241. The Hall–Kier alpha value is -3.79. The van der Waals surface area contributed by atoms with Crippen LogP contribution >= 0.6 is 11.3 Å². The topological polar surface area (TPSA) is 112 Å². The molecule has 0 saturated heterocycles. The Balaban J connectivity index is 1.54. The first-order valence-electron chi connectivity index (χ1n) is 10.9. The van der Waals surface area contributed by atoms with Crippen molar-refractivity contribution in [2.75, 3.05) is 30.8 Å². The third-order valence-electron chi connectivity index (χ3n) is 5.06. The van der Waals surface area contributed by atoms with Crippen molar-refractivity contribution in [1.29, 1.82) is 0 Å². The van der Waals surface area contributed by atoms with E-state index in [0.717, 1.165) is 22.0 Å². The minimum Gasteiger partial charge on any atom is -0.368 e. The molecule has 0 spiro atoms. The van der Waals surface area contributed by atoms with E-state index in [0.29, 0.717) is 30.5 Å². The molecular formula is C24H29N7O2S. The Morgan fingerprint density at radius 2 is 2.06 bits per heavy atom. The fraction of sp³-hybridized carbons (Fsp3) is 0.292. The molecule has 1 aliphatic carbocycles. The minimum atomic E-state index is -0.592. The van der Waals surface area contributed by atoms with E-state index >= 15 is 0 Å². The van der Waals surface area contributed by atoms with E-state index in [9.17, 15) is 9.59 Å². The maximum Gasteiger partial charge on any atom is 0.246 e. The number of carbonyl (C=O) groups is 2. The number of anilines is 3. The summed E-state index contributed by atoms with van der Waals surface area (Å²) in [5.74, 6) is 1.32. The third kappa shape index (κ3) is 6.85. The quantitative estimate of drug-likeness (QED) is 0.353. The van der Waals surface area contributed by atoms with Gasteiger partial charge in [-0.3, -0.25) is 9.59 Å². The molecule has 0 bridgehead atoms. The highest BCUT2D eigenvalue weighted by Gasteiger charge is 2.20. The number of nitrogens with zero attached hydrogens (tertiary/aromatic N) is 4. The van der Waals surface area contributed by atoms with Crippen molar-refractivity contribution < 1.29 is 9.59 Å². The van der Waals surface area contributed by atoms with Crippen LogP contribution in [-0.4, -0.2) is 57.8 Å². The molecule has 0 aromatic carbocycles. The summed E-state index contributed by atoms with van der Waals surface area (Å²) < 4.78 is 0. The molecule has 9 nitrogen and oxygen atoms in total. The van der Waals surface area contributed by atoms with Crippen LogP contribution in [0.5, 0.6) is 0 Å². The van der Waals surface area contributed by atoms with Crippen LogP contribution in [0.2, 0.25) is 0 Å². The van der Waals surface area contributed by atoms with Crippen LogP contribution < -0.4 is 16.0 Å². The lowest BCUT2D eigenvalue weighted by Gasteiger charge is -2.22. The van der Waals surface area contributed by atoms with E-state index < -0.39 is 6.04 Å². The average molecular weight is 480 g/mol. The number of rotatable bonds is 10. The normalized spacial score (nSPS) is 13.4. The summed E-state index contributed by atoms with van der Waals surface area (Å²) in [7, 11) is 1.57. The van der Waals surface area contributed by atoms with Gasteiger partial charge < -0.3 is 20.9 Å². The summed E-state index contributed by atoms with van der Waals surface area (Å²) in [5.41, 5.74) is 1.12. The molecule has 2 aromatic heterocycles. The van der Waals surface area contributed by atoms with Gasteiger partial charge in [-0.2, -0.15) is 0 Å². The Labute approximate surface area is 203 Å². The van der Waals surface area contributed by atoms with Gasteiger partial charge in [0.1, 0.15) is 23.5 Å². The van der Waals surface area contributed by atoms with Crippen LogP contribution in [0.25, 0.3) is 5.57 Å². The highest BCUT2D eigenvalue weighted by Crippen LogP contribution is 2.29. The van der Waals surface area contributed by atoms with Gasteiger partial charge in [-0.15, -0.1) is 0 Å². The van der Waals surface area contributed by atoms with Gasteiger partial charge in [0, 0.05) is 32.4 Å². The lowest BCUT2D eigenvalue weighted by atomic mass is 10.2. The average Bonchev–Trinajstić information content (AvgIpc) is 3.11. The molecule has 2 heterocycles. The van der Waals surface area contributed by atoms with E-state index in [4.69, 9.17) is 0 Å². The van der Waals surface area contributed by atoms with Gasteiger partial charge in [0.05, 0.1) is 4.88 Å². The van der Waals surface area contributed by atoms with Gasteiger partial charge in [-0.25, -0.2) is 15.0 Å². The highest BCUT2D eigenvalue weighted by atomic mass is 32.1. The molecule has 0 saturated carbocycles. The van der Waals surface area contributed by atoms with Crippen LogP contribution in [0.3, 0.4) is 0 Å². The molecular weight excluding hydrogens is 450 g/mol. The zero-order valence-electron chi connectivity index (χ0n) is 19.5. The lowest BCUT2D eigenvalue weighted by molar-refractivity contribution is -0.134. The maximum absolute atomic E-state index is 12.2.